The molecule has 1 heterocycles. The van der Waals surface area contributed by atoms with Crippen LogP contribution in [0.3, 0.4) is 0 Å². The predicted octanol–water partition coefficient (Wildman–Crippen LogP) is 2.78. The van der Waals surface area contributed by atoms with Crippen LogP contribution >= 0.6 is 15.9 Å². The Morgan fingerprint density at radius 2 is 2.33 bits per heavy atom. The number of hydrogen-bond donors (Lipinski definition) is 1. The molecule has 0 spiro atoms. The summed E-state index contributed by atoms with van der Waals surface area (Å²) < 4.78 is 6.75. The highest BCUT2D eigenvalue weighted by atomic mass is 79.9. The standard InChI is InChI=1S/C14H21BrN2O/c1-3-16-9-12-4-5-13(8-14(12)15)17-6-7-18-11(2)10-17/h4-5,8,11,16H,3,6-7,9-10H2,1-2H3. The summed E-state index contributed by atoms with van der Waals surface area (Å²) in [5.41, 5.74) is 2.58. The Balaban J connectivity index is 2.07. The zero-order valence-corrected chi connectivity index (χ0v) is 12.7. The SMILES string of the molecule is CCNCc1ccc(N2CCOC(C)C2)cc1Br. The third-order valence-corrected chi connectivity index (χ3v) is 3.95. The van der Waals surface area contributed by atoms with Crippen molar-refractivity contribution in [1.82, 2.24) is 5.32 Å². The van der Waals surface area contributed by atoms with E-state index in [2.05, 4.69) is 58.2 Å². The molecule has 18 heavy (non-hydrogen) atoms. The first-order valence-corrected chi connectivity index (χ1v) is 7.35. The highest BCUT2D eigenvalue weighted by Crippen LogP contribution is 2.25. The minimum atomic E-state index is 0.318. The van der Waals surface area contributed by atoms with E-state index in [1.165, 1.54) is 15.7 Å². The summed E-state index contributed by atoms with van der Waals surface area (Å²) in [4.78, 5) is 2.38. The Bertz CT molecular complexity index is 397. The maximum atomic E-state index is 5.57. The van der Waals surface area contributed by atoms with Gasteiger partial charge in [0.05, 0.1) is 12.7 Å². The lowest BCUT2D eigenvalue weighted by molar-refractivity contribution is 0.0532. The summed E-state index contributed by atoms with van der Waals surface area (Å²) in [5.74, 6) is 0. The van der Waals surface area contributed by atoms with Gasteiger partial charge in [0.25, 0.3) is 0 Å². The predicted molar refractivity (Wildman–Crippen MR) is 79.1 cm³/mol. The van der Waals surface area contributed by atoms with Gasteiger partial charge in [0.2, 0.25) is 0 Å². The minimum absolute atomic E-state index is 0.318. The van der Waals surface area contributed by atoms with E-state index in [-0.39, 0.29) is 0 Å². The van der Waals surface area contributed by atoms with E-state index in [1.54, 1.807) is 0 Å². The van der Waals surface area contributed by atoms with Gasteiger partial charge in [0, 0.05) is 29.8 Å². The molecule has 0 saturated carbocycles. The van der Waals surface area contributed by atoms with Crippen LogP contribution in [0.4, 0.5) is 5.69 Å². The van der Waals surface area contributed by atoms with Crippen LogP contribution in [-0.2, 0) is 11.3 Å². The first-order valence-electron chi connectivity index (χ1n) is 6.56. The van der Waals surface area contributed by atoms with E-state index in [1.807, 2.05) is 0 Å². The summed E-state index contributed by atoms with van der Waals surface area (Å²) in [6, 6.07) is 6.61. The molecular weight excluding hydrogens is 292 g/mol. The van der Waals surface area contributed by atoms with Gasteiger partial charge in [-0.1, -0.05) is 28.9 Å². The normalized spacial score (nSPS) is 20.2. The van der Waals surface area contributed by atoms with Crippen LogP contribution in [0.15, 0.2) is 22.7 Å². The van der Waals surface area contributed by atoms with Crippen LogP contribution in [0, 0.1) is 0 Å². The monoisotopic (exact) mass is 312 g/mol. The largest absolute Gasteiger partial charge is 0.375 e. The maximum absolute atomic E-state index is 5.57. The average Bonchev–Trinajstić information content (AvgIpc) is 2.37. The van der Waals surface area contributed by atoms with Crippen LogP contribution < -0.4 is 10.2 Å². The third-order valence-electron chi connectivity index (χ3n) is 3.21. The molecule has 0 radical (unpaired) electrons. The number of halogens is 1. The topological polar surface area (TPSA) is 24.5 Å². The second-order valence-corrected chi connectivity index (χ2v) is 5.54. The Kier molecular flexibility index (Phi) is 5.03. The van der Waals surface area contributed by atoms with Crippen molar-refractivity contribution < 1.29 is 4.74 Å². The molecule has 1 aliphatic rings. The van der Waals surface area contributed by atoms with Crippen LogP contribution in [0.25, 0.3) is 0 Å². The van der Waals surface area contributed by atoms with Crippen molar-refractivity contribution in [2.45, 2.75) is 26.5 Å². The average molecular weight is 313 g/mol. The van der Waals surface area contributed by atoms with E-state index in [4.69, 9.17) is 4.74 Å². The molecule has 100 valence electrons. The molecule has 1 saturated heterocycles. The lowest BCUT2D eigenvalue weighted by Gasteiger charge is -2.33. The smallest absolute Gasteiger partial charge is 0.0722 e. The van der Waals surface area contributed by atoms with Gasteiger partial charge in [-0.05, 0) is 31.2 Å². The molecule has 0 aliphatic carbocycles. The number of ether oxygens (including phenoxy) is 1. The van der Waals surface area contributed by atoms with Crippen molar-refractivity contribution in [3.63, 3.8) is 0 Å². The van der Waals surface area contributed by atoms with E-state index in [0.29, 0.717) is 6.10 Å². The number of anilines is 1. The van der Waals surface area contributed by atoms with Gasteiger partial charge in [-0.15, -0.1) is 0 Å². The van der Waals surface area contributed by atoms with E-state index >= 15 is 0 Å². The fourth-order valence-corrected chi connectivity index (χ4v) is 2.70. The quantitative estimate of drug-likeness (QED) is 0.925. The zero-order valence-electron chi connectivity index (χ0n) is 11.1. The molecule has 0 aromatic heterocycles. The fourth-order valence-electron chi connectivity index (χ4n) is 2.19. The number of morpholine rings is 1. The zero-order chi connectivity index (χ0) is 13.0. The number of hydrogen-bond acceptors (Lipinski definition) is 3. The van der Waals surface area contributed by atoms with E-state index in [9.17, 15) is 0 Å². The molecular formula is C14H21BrN2O. The molecule has 4 heteroatoms. The summed E-state index contributed by atoms with van der Waals surface area (Å²) in [5, 5.41) is 3.35. The van der Waals surface area contributed by atoms with Crippen molar-refractivity contribution in [2.75, 3.05) is 31.1 Å². The van der Waals surface area contributed by atoms with Gasteiger partial charge in [0.1, 0.15) is 0 Å². The van der Waals surface area contributed by atoms with Gasteiger partial charge in [-0.2, -0.15) is 0 Å². The molecule has 1 atom stereocenters. The highest BCUT2D eigenvalue weighted by molar-refractivity contribution is 9.10. The molecule has 3 nitrogen and oxygen atoms in total. The van der Waals surface area contributed by atoms with Crippen molar-refractivity contribution in [3.05, 3.63) is 28.2 Å². The Hall–Kier alpha value is -0.580. The van der Waals surface area contributed by atoms with Crippen molar-refractivity contribution in [3.8, 4) is 0 Å². The molecule has 1 aliphatic heterocycles. The fraction of sp³-hybridized carbons (Fsp3) is 0.571. The number of rotatable bonds is 4. The number of benzene rings is 1. The molecule has 1 unspecified atom stereocenters. The Labute approximate surface area is 118 Å². The van der Waals surface area contributed by atoms with Crippen molar-refractivity contribution >= 4 is 21.6 Å². The first-order chi connectivity index (χ1) is 8.70. The molecule has 2 rings (SSSR count). The molecule has 1 aromatic rings. The number of nitrogens with zero attached hydrogens (tertiary/aromatic N) is 1. The molecule has 1 aromatic carbocycles. The van der Waals surface area contributed by atoms with Gasteiger partial charge >= 0.3 is 0 Å². The highest BCUT2D eigenvalue weighted by Gasteiger charge is 2.17. The molecule has 0 bridgehead atoms. The maximum Gasteiger partial charge on any atom is 0.0722 e. The van der Waals surface area contributed by atoms with Crippen LogP contribution in [0.1, 0.15) is 19.4 Å². The molecule has 0 amide bonds. The van der Waals surface area contributed by atoms with Gasteiger partial charge in [-0.3, -0.25) is 0 Å². The minimum Gasteiger partial charge on any atom is -0.375 e. The van der Waals surface area contributed by atoms with Crippen LogP contribution in [0.2, 0.25) is 0 Å². The number of nitrogens with one attached hydrogen (secondary N) is 1. The van der Waals surface area contributed by atoms with Crippen molar-refractivity contribution in [1.29, 1.82) is 0 Å². The van der Waals surface area contributed by atoms with Gasteiger partial charge in [-0.25, -0.2) is 0 Å². The van der Waals surface area contributed by atoms with E-state index in [0.717, 1.165) is 32.8 Å². The second kappa shape index (κ2) is 6.55. The lowest BCUT2D eigenvalue weighted by Crippen LogP contribution is -2.41. The van der Waals surface area contributed by atoms with Gasteiger partial charge in [0.15, 0.2) is 0 Å². The van der Waals surface area contributed by atoms with Gasteiger partial charge < -0.3 is 15.0 Å². The first kappa shape index (κ1) is 13.8. The summed E-state index contributed by atoms with van der Waals surface area (Å²) in [6.45, 7) is 8.92. The Morgan fingerprint density at radius 3 is 3.00 bits per heavy atom. The van der Waals surface area contributed by atoms with E-state index < -0.39 is 0 Å². The second-order valence-electron chi connectivity index (χ2n) is 4.68. The summed E-state index contributed by atoms with van der Waals surface area (Å²) in [6.07, 6.45) is 0.318. The third kappa shape index (κ3) is 3.46. The van der Waals surface area contributed by atoms with Crippen molar-refractivity contribution in [2.24, 2.45) is 0 Å². The summed E-state index contributed by atoms with van der Waals surface area (Å²) in [7, 11) is 0. The molecule has 1 N–H and O–H groups in total. The Morgan fingerprint density at radius 1 is 1.50 bits per heavy atom. The van der Waals surface area contributed by atoms with Crippen LogP contribution in [0.5, 0.6) is 0 Å². The van der Waals surface area contributed by atoms with Crippen LogP contribution in [-0.4, -0.2) is 32.3 Å². The lowest BCUT2D eigenvalue weighted by atomic mass is 10.1. The summed E-state index contributed by atoms with van der Waals surface area (Å²) >= 11 is 3.66. The molecule has 1 fully saturated rings.